The fourth-order valence-electron chi connectivity index (χ4n) is 1.60. The molecule has 5 heteroatoms. The summed E-state index contributed by atoms with van der Waals surface area (Å²) in [4.78, 5) is 4.45. The van der Waals surface area contributed by atoms with Crippen molar-refractivity contribution in [1.29, 1.82) is 0 Å². The number of hydrogen-bond acceptors (Lipinski definition) is 3. The lowest BCUT2D eigenvalue weighted by Gasteiger charge is -2.12. The van der Waals surface area contributed by atoms with E-state index in [1.165, 1.54) is 0 Å². The number of benzene rings is 1. The number of guanidine groups is 1. The first-order chi connectivity index (χ1) is 9.86. The van der Waals surface area contributed by atoms with Crippen molar-refractivity contribution in [2.75, 3.05) is 40.0 Å². The maximum atomic E-state index is 5.61. The molecule has 0 unspecified atom stereocenters. The van der Waals surface area contributed by atoms with Crippen LogP contribution in [-0.2, 0) is 4.74 Å². The summed E-state index contributed by atoms with van der Waals surface area (Å²) in [7, 11) is 1.70. The van der Waals surface area contributed by atoms with Crippen molar-refractivity contribution in [3.8, 4) is 5.75 Å². The molecule has 0 atom stereocenters. The molecule has 0 saturated heterocycles. The summed E-state index contributed by atoms with van der Waals surface area (Å²) in [6, 6.07) is 9.79. The minimum atomic E-state index is 0.604. The van der Waals surface area contributed by atoms with Crippen LogP contribution in [0.25, 0.3) is 0 Å². The average molecular weight is 279 g/mol. The van der Waals surface area contributed by atoms with Gasteiger partial charge in [0.1, 0.15) is 12.4 Å². The van der Waals surface area contributed by atoms with Crippen molar-refractivity contribution >= 4 is 5.96 Å². The van der Waals surface area contributed by atoms with E-state index < -0.39 is 0 Å². The molecule has 0 aliphatic heterocycles. The van der Waals surface area contributed by atoms with Gasteiger partial charge in [0, 0.05) is 26.8 Å². The van der Waals surface area contributed by atoms with Crippen molar-refractivity contribution in [2.45, 2.75) is 13.3 Å². The molecular formula is C15H25N3O2. The average Bonchev–Trinajstić information content (AvgIpc) is 2.49. The van der Waals surface area contributed by atoms with Crippen LogP contribution in [0.3, 0.4) is 0 Å². The van der Waals surface area contributed by atoms with Crippen molar-refractivity contribution in [1.82, 2.24) is 10.6 Å². The zero-order chi connectivity index (χ0) is 14.5. The Balaban J connectivity index is 2.21. The highest BCUT2D eigenvalue weighted by Crippen LogP contribution is 2.07. The zero-order valence-electron chi connectivity index (χ0n) is 12.4. The van der Waals surface area contributed by atoms with E-state index in [4.69, 9.17) is 9.47 Å². The van der Waals surface area contributed by atoms with Crippen LogP contribution in [-0.4, -0.2) is 45.9 Å². The summed E-state index contributed by atoms with van der Waals surface area (Å²) >= 11 is 0. The molecular weight excluding hydrogens is 254 g/mol. The van der Waals surface area contributed by atoms with Gasteiger partial charge in [0.2, 0.25) is 0 Å². The van der Waals surface area contributed by atoms with Crippen molar-refractivity contribution in [3.05, 3.63) is 30.3 Å². The molecule has 2 N–H and O–H groups in total. The Bertz CT molecular complexity index is 369. The van der Waals surface area contributed by atoms with E-state index in [0.717, 1.165) is 37.8 Å². The molecule has 5 nitrogen and oxygen atoms in total. The van der Waals surface area contributed by atoms with Gasteiger partial charge in [-0.1, -0.05) is 18.2 Å². The molecule has 0 spiro atoms. The normalized spacial score (nSPS) is 11.2. The summed E-state index contributed by atoms with van der Waals surface area (Å²) in [6.07, 6.45) is 0.924. The van der Waals surface area contributed by atoms with Gasteiger partial charge in [-0.25, -0.2) is 0 Å². The summed E-state index contributed by atoms with van der Waals surface area (Å²) < 4.78 is 10.6. The first kappa shape index (κ1) is 16.3. The summed E-state index contributed by atoms with van der Waals surface area (Å²) in [5.41, 5.74) is 0. The second-order valence-electron chi connectivity index (χ2n) is 4.20. The van der Waals surface area contributed by atoms with Crippen LogP contribution in [0.15, 0.2) is 35.3 Å². The van der Waals surface area contributed by atoms with Crippen molar-refractivity contribution < 1.29 is 9.47 Å². The maximum absolute atomic E-state index is 5.61. The summed E-state index contributed by atoms with van der Waals surface area (Å²) in [5.74, 6) is 1.71. The minimum Gasteiger partial charge on any atom is -0.492 e. The molecule has 0 aliphatic rings. The first-order valence-electron chi connectivity index (χ1n) is 7.05. The Morgan fingerprint density at radius 3 is 2.65 bits per heavy atom. The summed E-state index contributed by atoms with van der Waals surface area (Å²) in [6.45, 7) is 5.70. The Labute approximate surface area is 121 Å². The van der Waals surface area contributed by atoms with Gasteiger partial charge in [-0.3, -0.25) is 4.99 Å². The van der Waals surface area contributed by atoms with Crippen LogP contribution in [0.4, 0.5) is 0 Å². The van der Waals surface area contributed by atoms with Crippen LogP contribution in [0.5, 0.6) is 5.75 Å². The van der Waals surface area contributed by atoms with Crippen LogP contribution in [0.1, 0.15) is 13.3 Å². The SMILES string of the molecule is CCNC(=NCCCOC)NCCOc1ccccc1. The maximum Gasteiger partial charge on any atom is 0.191 e. The molecule has 1 aromatic carbocycles. The van der Waals surface area contributed by atoms with Gasteiger partial charge in [0.15, 0.2) is 5.96 Å². The number of aliphatic imine (C=N–C) groups is 1. The summed E-state index contributed by atoms with van der Waals surface area (Å²) in [5, 5.41) is 6.44. The van der Waals surface area contributed by atoms with Crippen LogP contribution < -0.4 is 15.4 Å². The molecule has 0 amide bonds. The van der Waals surface area contributed by atoms with Crippen molar-refractivity contribution in [2.24, 2.45) is 4.99 Å². The number of rotatable bonds is 9. The standard InChI is InChI=1S/C15H25N3O2/c1-3-16-15(17-10-7-12-19-2)18-11-13-20-14-8-5-4-6-9-14/h4-6,8-9H,3,7,10-13H2,1-2H3,(H2,16,17,18). The quantitative estimate of drug-likeness (QED) is 0.410. The lowest BCUT2D eigenvalue weighted by molar-refractivity contribution is 0.197. The number of nitrogens with zero attached hydrogens (tertiary/aromatic N) is 1. The number of para-hydroxylation sites is 1. The van der Waals surface area contributed by atoms with Gasteiger partial charge in [-0.05, 0) is 25.5 Å². The van der Waals surface area contributed by atoms with Gasteiger partial charge >= 0.3 is 0 Å². The van der Waals surface area contributed by atoms with E-state index in [9.17, 15) is 0 Å². The molecule has 0 bridgehead atoms. The second kappa shape index (κ2) is 11.1. The Morgan fingerprint density at radius 2 is 1.95 bits per heavy atom. The predicted molar refractivity (Wildman–Crippen MR) is 82.4 cm³/mol. The Hall–Kier alpha value is -1.75. The van der Waals surface area contributed by atoms with Crippen molar-refractivity contribution in [3.63, 3.8) is 0 Å². The van der Waals surface area contributed by atoms with E-state index in [0.29, 0.717) is 13.2 Å². The lowest BCUT2D eigenvalue weighted by Crippen LogP contribution is -2.39. The fourth-order valence-corrected chi connectivity index (χ4v) is 1.60. The Kier molecular flexibility index (Phi) is 9.06. The minimum absolute atomic E-state index is 0.604. The third-order valence-corrected chi connectivity index (χ3v) is 2.53. The third kappa shape index (κ3) is 7.63. The molecule has 0 heterocycles. The van der Waals surface area contributed by atoms with Crippen LogP contribution >= 0.6 is 0 Å². The van der Waals surface area contributed by atoms with Gasteiger partial charge < -0.3 is 20.1 Å². The van der Waals surface area contributed by atoms with Gasteiger partial charge in [-0.15, -0.1) is 0 Å². The van der Waals surface area contributed by atoms with E-state index in [-0.39, 0.29) is 0 Å². The molecule has 0 fully saturated rings. The molecule has 0 aliphatic carbocycles. The number of methoxy groups -OCH3 is 1. The van der Waals surface area contributed by atoms with E-state index in [1.54, 1.807) is 7.11 Å². The molecule has 20 heavy (non-hydrogen) atoms. The van der Waals surface area contributed by atoms with E-state index in [2.05, 4.69) is 15.6 Å². The highest BCUT2D eigenvalue weighted by atomic mass is 16.5. The topological polar surface area (TPSA) is 54.9 Å². The van der Waals surface area contributed by atoms with Gasteiger partial charge in [0.25, 0.3) is 0 Å². The van der Waals surface area contributed by atoms with Crippen LogP contribution in [0, 0.1) is 0 Å². The van der Waals surface area contributed by atoms with E-state index >= 15 is 0 Å². The highest BCUT2D eigenvalue weighted by Gasteiger charge is 1.97. The second-order valence-corrected chi connectivity index (χ2v) is 4.20. The zero-order valence-corrected chi connectivity index (χ0v) is 12.4. The molecule has 1 aromatic rings. The molecule has 0 radical (unpaired) electrons. The lowest BCUT2D eigenvalue weighted by atomic mass is 10.3. The smallest absolute Gasteiger partial charge is 0.191 e. The number of nitrogens with one attached hydrogen (secondary N) is 2. The largest absolute Gasteiger partial charge is 0.492 e. The molecule has 0 saturated carbocycles. The third-order valence-electron chi connectivity index (χ3n) is 2.53. The predicted octanol–water partition coefficient (Wildman–Crippen LogP) is 1.66. The Morgan fingerprint density at radius 1 is 1.15 bits per heavy atom. The number of hydrogen-bond donors (Lipinski definition) is 2. The molecule has 0 aromatic heterocycles. The number of ether oxygens (including phenoxy) is 2. The monoisotopic (exact) mass is 279 g/mol. The van der Waals surface area contributed by atoms with E-state index in [1.807, 2.05) is 37.3 Å². The van der Waals surface area contributed by atoms with Crippen LogP contribution in [0.2, 0.25) is 0 Å². The molecule has 112 valence electrons. The molecule has 1 rings (SSSR count). The highest BCUT2D eigenvalue weighted by molar-refractivity contribution is 5.79. The fraction of sp³-hybridized carbons (Fsp3) is 0.533. The first-order valence-corrected chi connectivity index (χ1v) is 7.05. The van der Waals surface area contributed by atoms with Gasteiger partial charge in [0.05, 0.1) is 6.54 Å². The van der Waals surface area contributed by atoms with Gasteiger partial charge in [-0.2, -0.15) is 0 Å².